The van der Waals surface area contributed by atoms with Gasteiger partial charge in [-0.15, -0.1) is 0 Å². The van der Waals surface area contributed by atoms with Gasteiger partial charge in [0, 0.05) is 6.07 Å². The first-order valence-electron chi connectivity index (χ1n) is 4.88. The first-order valence-corrected chi connectivity index (χ1v) is 6.00. The molecule has 1 aromatic heterocycles. The summed E-state index contributed by atoms with van der Waals surface area (Å²) in [5.41, 5.74) is 0.176. The largest absolute Gasteiger partial charge is 0.444 e. The number of alkyl carbamates (subject to hydrolysis) is 1. The topological polar surface area (TPSA) is 64.4 Å². The summed E-state index contributed by atoms with van der Waals surface area (Å²) in [7, 11) is 0. The number of hydrogen-bond donors (Lipinski definition) is 1. The maximum absolute atomic E-state index is 11.3. The van der Waals surface area contributed by atoms with Crippen LogP contribution in [0.5, 0.6) is 0 Å². The number of alkyl halides is 1. The van der Waals surface area contributed by atoms with Crippen molar-refractivity contribution in [1.82, 2.24) is 10.5 Å². The van der Waals surface area contributed by atoms with Crippen molar-refractivity contribution < 1.29 is 14.1 Å². The standard InChI is InChI=1S/C10H15BrN2O3/c1-10(2,3)15-9(14)12-6-7-4-8(5-11)16-13-7/h4H,5-6H2,1-3H3,(H,12,14). The molecule has 90 valence electrons. The molecule has 0 atom stereocenters. The molecule has 1 N–H and O–H groups in total. The van der Waals surface area contributed by atoms with Crippen LogP contribution in [-0.2, 0) is 16.6 Å². The van der Waals surface area contributed by atoms with E-state index in [2.05, 4.69) is 26.4 Å². The van der Waals surface area contributed by atoms with Crippen molar-refractivity contribution in [3.8, 4) is 0 Å². The van der Waals surface area contributed by atoms with E-state index < -0.39 is 11.7 Å². The molecule has 0 aliphatic heterocycles. The molecule has 6 heteroatoms. The Morgan fingerprint density at radius 3 is 2.81 bits per heavy atom. The number of ether oxygens (including phenoxy) is 1. The van der Waals surface area contributed by atoms with Crippen molar-refractivity contribution in [3.05, 3.63) is 17.5 Å². The number of carbonyl (C=O) groups is 1. The van der Waals surface area contributed by atoms with Crippen LogP contribution in [0.3, 0.4) is 0 Å². The fourth-order valence-electron chi connectivity index (χ4n) is 0.979. The highest BCUT2D eigenvalue weighted by Gasteiger charge is 2.16. The van der Waals surface area contributed by atoms with Crippen LogP contribution >= 0.6 is 15.9 Å². The lowest BCUT2D eigenvalue weighted by Crippen LogP contribution is -2.32. The molecule has 0 unspecified atom stereocenters. The molecule has 0 spiro atoms. The Labute approximate surface area is 103 Å². The van der Waals surface area contributed by atoms with Gasteiger partial charge < -0.3 is 14.6 Å². The zero-order valence-electron chi connectivity index (χ0n) is 9.54. The van der Waals surface area contributed by atoms with Crippen LogP contribution < -0.4 is 5.32 Å². The molecule has 0 radical (unpaired) electrons. The molecule has 1 rings (SSSR count). The Morgan fingerprint density at radius 1 is 1.62 bits per heavy atom. The van der Waals surface area contributed by atoms with Gasteiger partial charge in [-0.3, -0.25) is 0 Å². The van der Waals surface area contributed by atoms with Gasteiger partial charge in [-0.05, 0) is 20.8 Å². The lowest BCUT2D eigenvalue weighted by atomic mass is 10.2. The molecular weight excluding hydrogens is 276 g/mol. The molecule has 1 amide bonds. The highest BCUT2D eigenvalue weighted by Crippen LogP contribution is 2.09. The van der Waals surface area contributed by atoms with Gasteiger partial charge in [-0.25, -0.2) is 4.79 Å². The average molecular weight is 291 g/mol. The first-order chi connectivity index (χ1) is 7.40. The Bertz CT molecular complexity index is 357. The minimum Gasteiger partial charge on any atom is -0.444 e. The minimum absolute atomic E-state index is 0.297. The zero-order valence-corrected chi connectivity index (χ0v) is 11.1. The second kappa shape index (κ2) is 5.34. The van der Waals surface area contributed by atoms with Crippen molar-refractivity contribution in [2.75, 3.05) is 0 Å². The molecule has 1 aromatic rings. The van der Waals surface area contributed by atoms with Crippen molar-refractivity contribution in [2.24, 2.45) is 0 Å². The average Bonchev–Trinajstić information content (AvgIpc) is 2.59. The molecule has 5 nitrogen and oxygen atoms in total. The van der Waals surface area contributed by atoms with Crippen LogP contribution in [0.25, 0.3) is 0 Å². The predicted octanol–water partition coefficient (Wildman–Crippen LogP) is 2.59. The summed E-state index contributed by atoms with van der Waals surface area (Å²) >= 11 is 3.24. The van der Waals surface area contributed by atoms with E-state index >= 15 is 0 Å². The Kier molecular flexibility index (Phi) is 4.35. The normalized spacial score (nSPS) is 11.2. The summed E-state index contributed by atoms with van der Waals surface area (Å²) in [5.74, 6) is 0.723. The van der Waals surface area contributed by atoms with Crippen molar-refractivity contribution in [2.45, 2.75) is 38.2 Å². The molecule has 1 heterocycles. The second-order valence-corrected chi connectivity index (χ2v) is 4.83. The number of nitrogens with one attached hydrogen (secondary N) is 1. The van der Waals surface area contributed by atoms with E-state index in [4.69, 9.17) is 9.26 Å². The molecule has 0 aliphatic carbocycles. The van der Waals surface area contributed by atoms with Crippen LogP contribution in [0.4, 0.5) is 4.79 Å². The van der Waals surface area contributed by atoms with Crippen LogP contribution in [0.1, 0.15) is 32.2 Å². The van der Waals surface area contributed by atoms with E-state index in [1.165, 1.54) is 0 Å². The SMILES string of the molecule is CC(C)(C)OC(=O)NCc1cc(CBr)on1. The molecule has 0 bridgehead atoms. The van der Waals surface area contributed by atoms with Gasteiger partial charge in [0.2, 0.25) is 0 Å². The van der Waals surface area contributed by atoms with Crippen molar-refractivity contribution in [3.63, 3.8) is 0 Å². The maximum Gasteiger partial charge on any atom is 0.407 e. The first kappa shape index (κ1) is 13.0. The zero-order chi connectivity index (χ0) is 12.2. The van der Waals surface area contributed by atoms with E-state index in [1.54, 1.807) is 6.07 Å². The molecular formula is C10H15BrN2O3. The van der Waals surface area contributed by atoms with Crippen molar-refractivity contribution >= 4 is 22.0 Å². The third-order valence-electron chi connectivity index (χ3n) is 1.55. The summed E-state index contributed by atoms with van der Waals surface area (Å²) in [6.07, 6.45) is -0.462. The number of nitrogens with zero attached hydrogens (tertiary/aromatic N) is 1. The van der Waals surface area contributed by atoms with Gasteiger partial charge in [-0.1, -0.05) is 21.1 Å². The molecule has 0 saturated heterocycles. The predicted molar refractivity (Wildman–Crippen MR) is 62.2 cm³/mol. The third kappa shape index (κ3) is 4.65. The fraction of sp³-hybridized carbons (Fsp3) is 0.600. The van der Waals surface area contributed by atoms with E-state index in [0.29, 0.717) is 17.6 Å². The molecule has 16 heavy (non-hydrogen) atoms. The van der Waals surface area contributed by atoms with Crippen LogP contribution in [0.2, 0.25) is 0 Å². The summed E-state index contributed by atoms with van der Waals surface area (Å²) < 4.78 is 10.0. The highest BCUT2D eigenvalue weighted by atomic mass is 79.9. The van der Waals surface area contributed by atoms with Crippen LogP contribution in [0, 0.1) is 0 Å². The monoisotopic (exact) mass is 290 g/mol. The molecule has 0 aromatic carbocycles. The van der Waals surface area contributed by atoms with Crippen molar-refractivity contribution in [1.29, 1.82) is 0 Å². The summed E-state index contributed by atoms with van der Waals surface area (Å²) in [6.45, 7) is 5.73. The highest BCUT2D eigenvalue weighted by molar-refractivity contribution is 9.08. The van der Waals surface area contributed by atoms with Gasteiger partial charge in [0.1, 0.15) is 17.1 Å². The van der Waals surface area contributed by atoms with E-state index in [1.807, 2.05) is 20.8 Å². The number of aromatic nitrogens is 1. The minimum atomic E-state index is -0.491. The smallest absolute Gasteiger partial charge is 0.407 e. The Morgan fingerprint density at radius 2 is 2.31 bits per heavy atom. The van der Waals surface area contributed by atoms with E-state index in [0.717, 1.165) is 5.76 Å². The van der Waals surface area contributed by atoms with E-state index in [-0.39, 0.29) is 0 Å². The lowest BCUT2D eigenvalue weighted by Gasteiger charge is -2.19. The van der Waals surface area contributed by atoms with Crippen LogP contribution in [-0.4, -0.2) is 16.9 Å². The molecule has 0 saturated carbocycles. The number of halogens is 1. The Balaban J connectivity index is 2.37. The summed E-state index contributed by atoms with van der Waals surface area (Å²) in [6, 6.07) is 1.77. The number of carbonyl (C=O) groups excluding carboxylic acids is 1. The lowest BCUT2D eigenvalue weighted by molar-refractivity contribution is 0.0522. The second-order valence-electron chi connectivity index (χ2n) is 4.27. The van der Waals surface area contributed by atoms with Gasteiger partial charge in [0.15, 0.2) is 0 Å². The van der Waals surface area contributed by atoms with E-state index in [9.17, 15) is 4.79 Å². The van der Waals surface area contributed by atoms with Crippen LogP contribution in [0.15, 0.2) is 10.6 Å². The summed E-state index contributed by atoms with van der Waals surface area (Å²) in [5, 5.41) is 6.98. The third-order valence-corrected chi connectivity index (χ3v) is 2.10. The maximum atomic E-state index is 11.3. The van der Waals surface area contributed by atoms with Gasteiger partial charge in [0.05, 0.1) is 11.9 Å². The Hall–Kier alpha value is -1.04. The van der Waals surface area contributed by atoms with Gasteiger partial charge >= 0.3 is 6.09 Å². The molecule has 0 aliphatic rings. The quantitative estimate of drug-likeness (QED) is 0.869. The molecule has 0 fully saturated rings. The number of amides is 1. The number of rotatable bonds is 3. The van der Waals surface area contributed by atoms with Gasteiger partial charge in [-0.2, -0.15) is 0 Å². The fourth-order valence-corrected chi connectivity index (χ4v) is 1.24. The summed E-state index contributed by atoms with van der Waals surface area (Å²) in [4.78, 5) is 11.3. The van der Waals surface area contributed by atoms with Gasteiger partial charge in [0.25, 0.3) is 0 Å². The number of hydrogen-bond acceptors (Lipinski definition) is 4.